The van der Waals surface area contributed by atoms with Gasteiger partial charge < -0.3 is 14.2 Å². The maximum atomic E-state index is 13.7. The molecule has 0 aromatic carbocycles. The Hall–Kier alpha value is -0.940. The zero-order valence-electron chi connectivity index (χ0n) is 18.3. The first-order valence-corrected chi connectivity index (χ1v) is 11.3. The Morgan fingerprint density at radius 2 is 1.86 bits per heavy atom. The summed E-state index contributed by atoms with van der Waals surface area (Å²) in [5.41, 5.74) is -0.976. The minimum absolute atomic E-state index is 0.0788. The summed E-state index contributed by atoms with van der Waals surface area (Å²) < 4.78 is 18.4. The SMILES string of the molecule is CCOC1(OCC)C[C@H]2C(=O)CCC[C@]21C(=O)O[C@H]1C[C@@H](C)CC[C@@H]1C(C)C. The Morgan fingerprint density at radius 3 is 2.46 bits per heavy atom. The number of carbonyl (C=O) groups is 2. The molecule has 0 unspecified atom stereocenters. The van der Waals surface area contributed by atoms with Crippen LogP contribution in [0.3, 0.4) is 0 Å². The van der Waals surface area contributed by atoms with E-state index in [1.54, 1.807) is 0 Å². The summed E-state index contributed by atoms with van der Waals surface area (Å²) >= 11 is 0. The van der Waals surface area contributed by atoms with Crippen molar-refractivity contribution in [1.82, 2.24) is 0 Å². The molecule has 3 aliphatic rings. The van der Waals surface area contributed by atoms with Crippen molar-refractivity contribution >= 4 is 11.8 Å². The fourth-order valence-corrected chi connectivity index (χ4v) is 6.00. The van der Waals surface area contributed by atoms with Gasteiger partial charge in [0, 0.05) is 32.0 Å². The zero-order chi connectivity index (χ0) is 20.5. The van der Waals surface area contributed by atoms with Crippen LogP contribution in [0.25, 0.3) is 0 Å². The molecule has 0 saturated heterocycles. The average Bonchev–Trinajstić information content (AvgIpc) is 2.62. The van der Waals surface area contributed by atoms with Crippen molar-refractivity contribution < 1.29 is 23.8 Å². The van der Waals surface area contributed by atoms with Gasteiger partial charge in [0.15, 0.2) is 5.79 Å². The van der Waals surface area contributed by atoms with E-state index in [0.717, 1.165) is 12.8 Å². The molecule has 28 heavy (non-hydrogen) atoms. The summed E-state index contributed by atoms with van der Waals surface area (Å²) in [4.78, 5) is 26.4. The Morgan fingerprint density at radius 1 is 1.18 bits per heavy atom. The number of fused-ring (bicyclic) bond motifs is 1. The van der Waals surface area contributed by atoms with Gasteiger partial charge in [-0.2, -0.15) is 0 Å². The largest absolute Gasteiger partial charge is 0.461 e. The highest BCUT2D eigenvalue weighted by Crippen LogP contribution is 2.63. The van der Waals surface area contributed by atoms with Crippen molar-refractivity contribution in [3.8, 4) is 0 Å². The molecule has 5 heteroatoms. The van der Waals surface area contributed by atoms with Gasteiger partial charge in [-0.05, 0) is 57.3 Å². The van der Waals surface area contributed by atoms with Gasteiger partial charge in [-0.15, -0.1) is 0 Å². The van der Waals surface area contributed by atoms with Crippen LogP contribution in [0.2, 0.25) is 0 Å². The summed E-state index contributed by atoms with van der Waals surface area (Å²) in [7, 11) is 0. The fraction of sp³-hybridized carbons (Fsp3) is 0.913. The lowest BCUT2D eigenvalue weighted by Gasteiger charge is -2.62. The summed E-state index contributed by atoms with van der Waals surface area (Å²) in [6, 6.07) is 0. The van der Waals surface area contributed by atoms with Crippen LogP contribution < -0.4 is 0 Å². The molecular weight excluding hydrogens is 356 g/mol. The molecule has 0 aromatic heterocycles. The normalized spacial score (nSPS) is 37.3. The number of carbonyl (C=O) groups excluding carboxylic acids is 2. The number of ketones is 1. The van der Waals surface area contributed by atoms with Gasteiger partial charge in [-0.3, -0.25) is 9.59 Å². The quantitative estimate of drug-likeness (QED) is 0.469. The first-order chi connectivity index (χ1) is 13.3. The molecule has 160 valence electrons. The molecule has 0 amide bonds. The molecule has 0 radical (unpaired) electrons. The van der Waals surface area contributed by atoms with Gasteiger partial charge in [0.25, 0.3) is 0 Å². The van der Waals surface area contributed by atoms with Crippen LogP contribution in [0.4, 0.5) is 0 Å². The molecule has 0 N–H and O–H groups in total. The summed E-state index contributed by atoms with van der Waals surface area (Å²) in [5.74, 6) is -0.0370. The van der Waals surface area contributed by atoms with E-state index >= 15 is 0 Å². The van der Waals surface area contributed by atoms with Crippen LogP contribution >= 0.6 is 0 Å². The Kier molecular flexibility index (Phi) is 6.55. The topological polar surface area (TPSA) is 61.8 Å². The lowest BCUT2D eigenvalue weighted by molar-refractivity contribution is -0.364. The maximum Gasteiger partial charge on any atom is 0.318 e. The molecule has 3 rings (SSSR count). The summed E-state index contributed by atoms with van der Waals surface area (Å²) in [6.45, 7) is 11.4. The number of esters is 1. The van der Waals surface area contributed by atoms with Gasteiger partial charge in [-0.25, -0.2) is 0 Å². The van der Waals surface area contributed by atoms with Gasteiger partial charge in [0.1, 0.15) is 17.3 Å². The molecule has 3 fully saturated rings. The highest BCUT2D eigenvalue weighted by atomic mass is 16.7. The number of ether oxygens (including phenoxy) is 3. The van der Waals surface area contributed by atoms with E-state index in [4.69, 9.17) is 14.2 Å². The number of hydrogen-bond acceptors (Lipinski definition) is 5. The number of rotatable bonds is 7. The lowest BCUT2D eigenvalue weighted by Crippen LogP contribution is -2.73. The van der Waals surface area contributed by atoms with Crippen molar-refractivity contribution in [3.63, 3.8) is 0 Å². The Labute approximate surface area is 169 Å². The Balaban J connectivity index is 1.89. The van der Waals surface area contributed by atoms with E-state index in [1.165, 1.54) is 6.42 Å². The van der Waals surface area contributed by atoms with Crippen molar-refractivity contribution in [1.29, 1.82) is 0 Å². The molecule has 5 nitrogen and oxygen atoms in total. The Bertz CT molecular complexity index is 580. The summed E-state index contributed by atoms with van der Waals surface area (Å²) in [5, 5.41) is 0. The fourth-order valence-electron chi connectivity index (χ4n) is 6.00. The zero-order valence-corrected chi connectivity index (χ0v) is 18.3. The lowest BCUT2D eigenvalue weighted by atomic mass is 9.49. The van der Waals surface area contributed by atoms with Gasteiger partial charge in [0.05, 0.1) is 0 Å². The molecule has 3 aliphatic carbocycles. The minimum Gasteiger partial charge on any atom is -0.461 e. The predicted molar refractivity (Wildman–Crippen MR) is 107 cm³/mol. The van der Waals surface area contributed by atoms with Gasteiger partial charge in [-0.1, -0.05) is 27.2 Å². The standard InChI is InChI=1S/C23H38O5/c1-6-26-23(27-7-2)14-18-19(24)9-8-12-22(18,23)21(25)28-20-13-16(5)10-11-17(20)15(3)4/h15-18,20H,6-14H2,1-5H3/t16-,17+,18-,20-,22+/m0/s1. The first-order valence-electron chi connectivity index (χ1n) is 11.3. The van der Waals surface area contributed by atoms with E-state index in [2.05, 4.69) is 20.8 Å². The highest BCUT2D eigenvalue weighted by Gasteiger charge is 2.75. The minimum atomic E-state index is -1.01. The molecule has 0 spiro atoms. The molecule has 3 saturated carbocycles. The van der Waals surface area contributed by atoms with Gasteiger partial charge in [0.2, 0.25) is 0 Å². The molecule has 0 aliphatic heterocycles. The van der Waals surface area contributed by atoms with Crippen LogP contribution in [0.1, 0.15) is 79.6 Å². The third-order valence-corrected chi connectivity index (χ3v) is 7.47. The second-order valence-corrected chi connectivity index (χ2v) is 9.44. The number of hydrogen-bond donors (Lipinski definition) is 0. The average molecular weight is 395 g/mol. The van der Waals surface area contributed by atoms with E-state index in [9.17, 15) is 9.59 Å². The van der Waals surface area contributed by atoms with E-state index < -0.39 is 11.2 Å². The monoisotopic (exact) mass is 394 g/mol. The molecule has 0 heterocycles. The van der Waals surface area contributed by atoms with Gasteiger partial charge >= 0.3 is 5.97 Å². The van der Waals surface area contributed by atoms with E-state index in [-0.39, 0.29) is 23.8 Å². The van der Waals surface area contributed by atoms with Crippen LogP contribution in [0.15, 0.2) is 0 Å². The second kappa shape index (κ2) is 8.43. The van der Waals surface area contributed by atoms with Crippen LogP contribution in [-0.4, -0.2) is 36.9 Å². The smallest absolute Gasteiger partial charge is 0.318 e. The molecule has 5 atom stereocenters. The molecular formula is C23H38O5. The van der Waals surface area contributed by atoms with Crippen molar-refractivity contribution in [2.24, 2.45) is 29.1 Å². The second-order valence-electron chi connectivity index (χ2n) is 9.44. The van der Waals surface area contributed by atoms with Crippen LogP contribution in [0.5, 0.6) is 0 Å². The predicted octanol–water partition coefficient (Wildman–Crippen LogP) is 4.52. The van der Waals surface area contributed by atoms with Crippen molar-refractivity contribution in [2.75, 3.05) is 13.2 Å². The molecule has 0 aromatic rings. The van der Waals surface area contributed by atoms with Crippen molar-refractivity contribution in [2.45, 2.75) is 91.5 Å². The van der Waals surface area contributed by atoms with Crippen LogP contribution in [0, 0.1) is 29.1 Å². The third-order valence-electron chi connectivity index (χ3n) is 7.47. The van der Waals surface area contributed by atoms with E-state index in [0.29, 0.717) is 56.7 Å². The third kappa shape index (κ3) is 3.43. The molecule has 0 bridgehead atoms. The van der Waals surface area contributed by atoms with E-state index in [1.807, 2.05) is 13.8 Å². The maximum absolute atomic E-state index is 13.7. The highest BCUT2D eigenvalue weighted by molar-refractivity contribution is 5.93. The number of Topliss-reactive ketones (excluding diaryl/α,β-unsaturated/α-hetero) is 1. The van der Waals surface area contributed by atoms with Crippen molar-refractivity contribution in [3.05, 3.63) is 0 Å². The first kappa shape index (κ1) is 21.8. The summed E-state index contributed by atoms with van der Waals surface area (Å²) in [6.07, 6.45) is 5.42. The van der Waals surface area contributed by atoms with Crippen LogP contribution in [-0.2, 0) is 23.8 Å².